The van der Waals surface area contributed by atoms with Gasteiger partial charge >= 0.3 is 0 Å². The van der Waals surface area contributed by atoms with Crippen molar-refractivity contribution in [2.45, 2.75) is 33.2 Å². The Labute approximate surface area is 119 Å². The van der Waals surface area contributed by atoms with Crippen LogP contribution in [-0.4, -0.2) is 17.3 Å². The third-order valence-electron chi connectivity index (χ3n) is 3.58. The SMILES string of the molecule is CCC(C)C(N)c1nc(-c2ccc(C)cc2OC)no1. The first-order valence-corrected chi connectivity index (χ1v) is 6.81. The van der Waals surface area contributed by atoms with Crippen molar-refractivity contribution in [2.24, 2.45) is 11.7 Å². The van der Waals surface area contributed by atoms with Gasteiger partial charge in [-0.3, -0.25) is 0 Å². The number of hydrogen-bond donors (Lipinski definition) is 1. The molecule has 1 aromatic heterocycles. The summed E-state index contributed by atoms with van der Waals surface area (Å²) < 4.78 is 10.7. The largest absolute Gasteiger partial charge is 0.496 e. The Kier molecular flexibility index (Phi) is 4.39. The van der Waals surface area contributed by atoms with E-state index in [9.17, 15) is 0 Å². The summed E-state index contributed by atoms with van der Waals surface area (Å²) in [5, 5.41) is 4.02. The molecule has 5 nitrogen and oxygen atoms in total. The Morgan fingerprint density at radius 2 is 2.15 bits per heavy atom. The molecular weight excluding hydrogens is 254 g/mol. The number of benzene rings is 1. The molecule has 0 amide bonds. The molecule has 5 heteroatoms. The normalized spacial score (nSPS) is 14.1. The lowest BCUT2D eigenvalue weighted by atomic mass is 10.0. The van der Waals surface area contributed by atoms with Crippen molar-refractivity contribution in [3.05, 3.63) is 29.7 Å². The fourth-order valence-corrected chi connectivity index (χ4v) is 1.96. The maximum absolute atomic E-state index is 6.11. The second-order valence-corrected chi connectivity index (χ2v) is 5.07. The average molecular weight is 275 g/mol. The van der Waals surface area contributed by atoms with Gasteiger partial charge in [-0.25, -0.2) is 0 Å². The van der Waals surface area contributed by atoms with E-state index in [-0.39, 0.29) is 6.04 Å². The van der Waals surface area contributed by atoms with Crippen LogP contribution < -0.4 is 10.5 Å². The van der Waals surface area contributed by atoms with Crippen molar-refractivity contribution in [1.29, 1.82) is 0 Å². The van der Waals surface area contributed by atoms with E-state index in [1.54, 1.807) is 7.11 Å². The standard InChI is InChI=1S/C15H21N3O2/c1-5-10(3)13(16)15-17-14(18-20-15)11-7-6-9(2)8-12(11)19-4/h6-8,10,13H,5,16H2,1-4H3. The van der Waals surface area contributed by atoms with Crippen LogP contribution in [0.25, 0.3) is 11.4 Å². The van der Waals surface area contributed by atoms with E-state index in [0.29, 0.717) is 17.6 Å². The highest BCUT2D eigenvalue weighted by molar-refractivity contribution is 5.64. The number of nitrogens with two attached hydrogens (primary N) is 1. The minimum atomic E-state index is -0.238. The van der Waals surface area contributed by atoms with Gasteiger partial charge in [0.1, 0.15) is 5.75 Å². The van der Waals surface area contributed by atoms with Gasteiger partial charge in [-0.2, -0.15) is 4.98 Å². The Morgan fingerprint density at radius 1 is 1.40 bits per heavy atom. The molecule has 0 saturated carbocycles. The molecule has 20 heavy (non-hydrogen) atoms. The highest BCUT2D eigenvalue weighted by atomic mass is 16.5. The van der Waals surface area contributed by atoms with Crippen molar-refractivity contribution >= 4 is 0 Å². The first kappa shape index (κ1) is 14.5. The zero-order valence-corrected chi connectivity index (χ0v) is 12.4. The first-order chi connectivity index (χ1) is 9.56. The molecule has 108 valence electrons. The molecule has 1 heterocycles. The van der Waals surface area contributed by atoms with E-state index in [1.165, 1.54) is 0 Å². The van der Waals surface area contributed by atoms with E-state index in [0.717, 1.165) is 23.3 Å². The Hall–Kier alpha value is -1.88. The Bertz CT molecular complexity index is 580. The van der Waals surface area contributed by atoms with Crippen LogP contribution in [-0.2, 0) is 0 Å². The molecule has 2 atom stereocenters. The number of rotatable bonds is 5. The molecule has 2 unspecified atom stereocenters. The summed E-state index contributed by atoms with van der Waals surface area (Å²) in [6.45, 7) is 6.17. The lowest BCUT2D eigenvalue weighted by molar-refractivity contribution is 0.312. The van der Waals surface area contributed by atoms with Gasteiger partial charge in [-0.1, -0.05) is 31.5 Å². The molecule has 0 saturated heterocycles. The van der Waals surface area contributed by atoms with Crippen molar-refractivity contribution in [3.8, 4) is 17.1 Å². The lowest BCUT2D eigenvalue weighted by Gasteiger charge is -2.13. The van der Waals surface area contributed by atoms with Crippen molar-refractivity contribution in [1.82, 2.24) is 10.1 Å². The zero-order chi connectivity index (χ0) is 14.7. The molecule has 1 aromatic carbocycles. The van der Waals surface area contributed by atoms with Gasteiger partial charge in [0.25, 0.3) is 0 Å². The van der Waals surface area contributed by atoms with E-state index >= 15 is 0 Å². The first-order valence-electron chi connectivity index (χ1n) is 6.81. The highest BCUT2D eigenvalue weighted by Gasteiger charge is 2.21. The molecule has 2 rings (SSSR count). The number of ether oxygens (including phenoxy) is 1. The second-order valence-electron chi connectivity index (χ2n) is 5.07. The number of hydrogen-bond acceptors (Lipinski definition) is 5. The third-order valence-corrected chi connectivity index (χ3v) is 3.58. The summed E-state index contributed by atoms with van der Waals surface area (Å²) >= 11 is 0. The summed E-state index contributed by atoms with van der Waals surface area (Å²) in [7, 11) is 1.63. The summed E-state index contributed by atoms with van der Waals surface area (Å²) in [5.41, 5.74) is 8.03. The van der Waals surface area contributed by atoms with E-state index in [4.69, 9.17) is 15.0 Å². The molecule has 0 spiro atoms. The van der Waals surface area contributed by atoms with Gasteiger partial charge in [0, 0.05) is 0 Å². The van der Waals surface area contributed by atoms with Gasteiger partial charge in [0.15, 0.2) is 0 Å². The van der Waals surface area contributed by atoms with Crippen LogP contribution >= 0.6 is 0 Å². The van der Waals surface area contributed by atoms with Crippen molar-refractivity contribution in [3.63, 3.8) is 0 Å². The summed E-state index contributed by atoms with van der Waals surface area (Å²) in [6, 6.07) is 5.62. The minimum Gasteiger partial charge on any atom is -0.496 e. The minimum absolute atomic E-state index is 0.238. The fourth-order valence-electron chi connectivity index (χ4n) is 1.96. The third kappa shape index (κ3) is 2.82. The van der Waals surface area contributed by atoms with Crippen LogP contribution in [0.1, 0.15) is 37.8 Å². The second kappa shape index (κ2) is 6.05. The van der Waals surface area contributed by atoms with E-state index < -0.39 is 0 Å². The molecule has 0 aliphatic carbocycles. The molecule has 0 aliphatic heterocycles. The monoisotopic (exact) mass is 275 g/mol. The molecule has 0 aliphatic rings. The van der Waals surface area contributed by atoms with Crippen molar-refractivity contribution < 1.29 is 9.26 Å². The number of nitrogens with zero attached hydrogens (tertiary/aromatic N) is 2. The van der Waals surface area contributed by atoms with Gasteiger partial charge in [0.05, 0.1) is 18.7 Å². The molecule has 2 aromatic rings. The number of aromatic nitrogens is 2. The van der Waals surface area contributed by atoms with Gasteiger partial charge in [-0.05, 0) is 30.5 Å². The molecule has 2 N–H and O–H groups in total. The van der Waals surface area contributed by atoms with Gasteiger partial charge in [0.2, 0.25) is 11.7 Å². The van der Waals surface area contributed by atoms with Crippen LogP contribution in [0, 0.1) is 12.8 Å². The van der Waals surface area contributed by atoms with Crippen LogP contribution in [0.2, 0.25) is 0 Å². The molecular formula is C15H21N3O2. The van der Waals surface area contributed by atoms with E-state index in [1.807, 2.05) is 25.1 Å². The quantitative estimate of drug-likeness (QED) is 0.907. The van der Waals surface area contributed by atoms with E-state index in [2.05, 4.69) is 24.0 Å². The predicted octanol–water partition coefficient (Wildman–Crippen LogP) is 3.10. The van der Waals surface area contributed by atoms with Crippen LogP contribution in [0.15, 0.2) is 22.7 Å². The summed E-state index contributed by atoms with van der Waals surface area (Å²) in [4.78, 5) is 4.40. The van der Waals surface area contributed by atoms with Crippen LogP contribution in [0.3, 0.4) is 0 Å². The number of methoxy groups -OCH3 is 1. The zero-order valence-electron chi connectivity index (χ0n) is 12.4. The van der Waals surface area contributed by atoms with Crippen LogP contribution in [0.5, 0.6) is 5.75 Å². The van der Waals surface area contributed by atoms with Crippen molar-refractivity contribution in [2.75, 3.05) is 7.11 Å². The Balaban J connectivity index is 2.33. The molecule has 0 fully saturated rings. The lowest BCUT2D eigenvalue weighted by Crippen LogP contribution is -2.18. The highest BCUT2D eigenvalue weighted by Crippen LogP contribution is 2.30. The molecule has 0 bridgehead atoms. The maximum Gasteiger partial charge on any atom is 0.244 e. The smallest absolute Gasteiger partial charge is 0.244 e. The molecule has 0 radical (unpaired) electrons. The number of aryl methyl sites for hydroxylation is 1. The Morgan fingerprint density at radius 3 is 2.80 bits per heavy atom. The van der Waals surface area contributed by atoms with Gasteiger partial charge in [-0.15, -0.1) is 0 Å². The average Bonchev–Trinajstić information content (AvgIpc) is 2.94. The topological polar surface area (TPSA) is 74.2 Å². The fraction of sp³-hybridized carbons (Fsp3) is 0.467. The maximum atomic E-state index is 6.11. The van der Waals surface area contributed by atoms with Crippen LogP contribution in [0.4, 0.5) is 0 Å². The summed E-state index contributed by atoms with van der Waals surface area (Å²) in [5.74, 6) is 2.00. The van der Waals surface area contributed by atoms with Gasteiger partial charge < -0.3 is 15.0 Å². The predicted molar refractivity (Wildman–Crippen MR) is 77.4 cm³/mol. The summed E-state index contributed by atoms with van der Waals surface area (Å²) in [6.07, 6.45) is 0.965.